The summed E-state index contributed by atoms with van der Waals surface area (Å²) in [5.41, 5.74) is 1.16. The zero-order chi connectivity index (χ0) is 16.9. The lowest BCUT2D eigenvalue weighted by molar-refractivity contribution is 0.145. The SMILES string of the molecule is CCOCCCNC(=NCCCOC)N(C)Cc1cnn(C)c1. The van der Waals surface area contributed by atoms with Gasteiger partial charge in [-0.1, -0.05) is 0 Å². The normalized spacial score (nSPS) is 11.7. The molecule has 0 aliphatic carbocycles. The van der Waals surface area contributed by atoms with Crippen LogP contribution in [0.4, 0.5) is 0 Å². The molecule has 1 N–H and O–H groups in total. The average molecular weight is 325 g/mol. The van der Waals surface area contributed by atoms with E-state index in [-0.39, 0.29) is 0 Å². The van der Waals surface area contributed by atoms with Gasteiger partial charge in [-0.15, -0.1) is 0 Å². The lowest BCUT2D eigenvalue weighted by Gasteiger charge is -2.22. The largest absolute Gasteiger partial charge is 0.385 e. The molecular formula is C16H31N5O2. The Kier molecular flexibility index (Phi) is 10.1. The van der Waals surface area contributed by atoms with Gasteiger partial charge in [0.2, 0.25) is 0 Å². The van der Waals surface area contributed by atoms with Crippen molar-refractivity contribution in [2.75, 3.05) is 47.1 Å². The first-order valence-corrected chi connectivity index (χ1v) is 8.21. The maximum Gasteiger partial charge on any atom is 0.193 e. The maximum absolute atomic E-state index is 5.37. The molecule has 0 saturated heterocycles. The zero-order valence-corrected chi connectivity index (χ0v) is 14.9. The molecule has 1 aromatic rings. The number of aryl methyl sites for hydroxylation is 1. The molecule has 0 fully saturated rings. The molecule has 0 unspecified atom stereocenters. The molecule has 1 rings (SSSR count). The number of hydrogen-bond donors (Lipinski definition) is 1. The zero-order valence-electron chi connectivity index (χ0n) is 14.9. The molecule has 0 spiro atoms. The summed E-state index contributed by atoms with van der Waals surface area (Å²) in [5.74, 6) is 0.904. The number of nitrogens with one attached hydrogen (secondary N) is 1. The molecule has 7 nitrogen and oxygen atoms in total. The van der Waals surface area contributed by atoms with E-state index in [4.69, 9.17) is 9.47 Å². The van der Waals surface area contributed by atoms with Crippen molar-refractivity contribution in [2.45, 2.75) is 26.3 Å². The van der Waals surface area contributed by atoms with Crippen LogP contribution in [-0.4, -0.2) is 67.7 Å². The summed E-state index contributed by atoms with van der Waals surface area (Å²) in [6, 6.07) is 0. The number of aromatic nitrogens is 2. The third-order valence-electron chi connectivity index (χ3n) is 3.26. The summed E-state index contributed by atoms with van der Waals surface area (Å²) in [5, 5.41) is 7.62. The Hall–Kier alpha value is -1.60. The standard InChI is InChI=1S/C16H31N5O2/c1-5-23-11-7-9-18-16(17-8-6-10-22-4)20(2)13-15-12-19-21(3)14-15/h12,14H,5-11,13H2,1-4H3,(H,17,18). The van der Waals surface area contributed by atoms with Crippen molar-refractivity contribution in [1.29, 1.82) is 0 Å². The van der Waals surface area contributed by atoms with Crippen molar-refractivity contribution in [3.63, 3.8) is 0 Å². The van der Waals surface area contributed by atoms with Crippen LogP contribution in [0.5, 0.6) is 0 Å². The summed E-state index contributed by atoms with van der Waals surface area (Å²) < 4.78 is 12.3. The first kappa shape index (κ1) is 19.4. The van der Waals surface area contributed by atoms with E-state index in [9.17, 15) is 0 Å². The van der Waals surface area contributed by atoms with Gasteiger partial charge in [0, 0.05) is 72.4 Å². The van der Waals surface area contributed by atoms with Gasteiger partial charge in [0.05, 0.1) is 6.20 Å². The minimum atomic E-state index is 0.730. The van der Waals surface area contributed by atoms with Crippen LogP contribution in [0.15, 0.2) is 17.4 Å². The van der Waals surface area contributed by atoms with Crippen LogP contribution in [0.1, 0.15) is 25.3 Å². The third kappa shape index (κ3) is 8.56. The molecule has 0 amide bonds. The number of ether oxygens (including phenoxy) is 2. The van der Waals surface area contributed by atoms with E-state index in [0.717, 1.165) is 63.8 Å². The van der Waals surface area contributed by atoms with E-state index in [1.54, 1.807) is 7.11 Å². The highest BCUT2D eigenvalue weighted by Gasteiger charge is 2.08. The van der Waals surface area contributed by atoms with Gasteiger partial charge in [-0.05, 0) is 19.8 Å². The van der Waals surface area contributed by atoms with Crippen molar-refractivity contribution in [1.82, 2.24) is 20.0 Å². The highest BCUT2D eigenvalue weighted by molar-refractivity contribution is 5.79. The number of guanidine groups is 1. The van der Waals surface area contributed by atoms with Gasteiger partial charge in [0.15, 0.2) is 5.96 Å². The minimum Gasteiger partial charge on any atom is -0.385 e. The number of hydrogen-bond acceptors (Lipinski definition) is 4. The van der Waals surface area contributed by atoms with Crippen LogP contribution in [0.3, 0.4) is 0 Å². The van der Waals surface area contributed by atoms with Crippen molar-refractivity contribution in [3.05, 3.63) is 18.0 Å². The number of rotatable bonds is 11. The fraction of sp³-hybridized carbons (Fsp3) is 0.750. The van der Waals surface area contributed by atoms with Crippen molar-refractivity contribution >= 4 is 5.96 Å². The maximum atomic E-state index is 5.37. The van der Waals surface area contributed by atoms with Crippen LogP contribution in [0.25, 0.3) is 0 Å². The van der Waals surface area contributed by atoms with Gasteiger partial charge in [-0.2, -0.15) is 5.10 Å². The summed E-state index contributed by atoms with van der Waals surface area (Å²) in [7, 11) is 5.68. The Bertz CT molecular complexity index is 447. The number of methoxy groups -OCH3 is 1. The number of aliphatic imine (C=N–C) groups is 1. The third-order valence-corrected chi connectivity index (χ3v) is 3.26. The Morgan fingerprint density at radius 1 is 1.39 bits per heavy atom. The molecule has 1 heterocycles. The monoisotopic (exact) mass is 325 g/mol. The Labute approximate surface area is 139 Å². The van der Waals surface area contributed by atoms with Gasteiger partial charge in [-0.3, -0.25) is 9.67 Å². The van der Waals surface area contributed by atoms with Crippen LogP contribution < -0.4 is 5.32 Å². The van der Waals surface area contributed by atoms with Crippen LogP contribution >= 0.6 is 0 Å². The quantitative estimate of drug-likeness (QED) is 0.377. The lowest BCUT2D eigenvalue weighted by Crippen LogP contribution is -2.39. The molecule has 132 valence electrons. The number of nitrogens with zero attached hydrogens (tertiary/aromatic N) is 4. The molecular weight excluding hydrogens is 294 g/mol. The van der Waals surface area contributed by atoms with Crippen molar-refractivity contribution in [2.24, 2.45) is 12.0 Å². The van der Waals surface area contributed by atoms with Crippen LogP contribution in [-0.2, 0) is 23.1 Å². The molecule has 1 aromatic heterocycles. The van der Waals surface area contributed by atoms with Gasteiger partial charge < -0.3 is 19.7 Å². The summed E-state index contributed by atoms with van der Waals surface area (Å²) in [6.45, 7) is 6.64. The Balaban J connectivity index is 2.50. The van der Waals surface area contributed by atoms with E-state index in [0.29, 0.717) is 0 Å². The second kappa shape index (κ2) is 11.9. The predicted octanol–water partition coefficient (Wildman–Crippen LogP) is 1.26. The summed E-state index contributed by atoms with van der Waals surface area (Å²) >= 11 is 0. The molecule has 0 aromatic carbocycles. The Morgan fingerprint density at radius 3 is 2.87 bits per heavy atom. The minimum absolute atomic E-state index is 0.730. The average Bonchev–Trinajstić information content (AvgIpc) is 2.94. The van der Waals surface area contributed by atoms with Gasteiger partial charge in [-0.25, -0.2) is 0 Å². The smallest absolute Gasteiger partial charge is 0.193 e. The fourth-order valence-corrected chi connectivity index (χ4v) is 2.13. The van der Waals surface area contributed by atoms with E-state index in [2.05, 4.69) is 20.3 Å². The van der Waals surface area contributed by atoms with Crippen molar-refractivity contribution < 1.29 is 9.47 Å². The van der Waals surface area contributed by atoms with Gasteiger partial charge in [0.1, 0.15) is 0 Å². The first-order chi connectivity index (χ1) is 11.2. The first-order valence-electron chi connectivity index (χ1n) is 8.21. The molecule has 0 aliphatic rings. The second-order valence-corrected chi connectivity index (χ2v) is 5.41. The van der Waals surface area contributed by atoms with E-state index < -0.39 is 0 Å². The summed E-state index contributed by atoms with van der Waals surface area (Å²) in [6.07, 6.45) is 5.79. The molecule has 0 radical (unpaired) electrons. The molecule has 0 bridgehead atoms. The molecule has 23 heavy (non-hydrogen) atoms. The van der Waals surface area contributed by atoms with Gasteiger partial charge in [0.25, 0.3) is 0 Å². The molecule has 0 saturated carbocycles. The topological polar surface area (TPSA) is 63.9 Å². The molecule has 0 aliphatic heterocycles. The van der Waals surface area contributed by atoms with Crippen LogP contribution in [0.2, 0.25) is 0 Å². The summed E-state index contributed by atoms with van der Waals surface area (Å²) in [4.78, 5) is 6.78. The van der Waals surface area contributed by atoms with E-state index in [1.807, 2.05) is 38.1 Å². The Morgan fingerprint density at radius 2 is 2.22 bits per heavy atom. The second-order valence-electron chi connectivity index (χ2n) is 5.41. The fourth-order valence-electron chi connectivity index (χ4n) is 2.13. The lowest BCUT2D eigenvalue weighted by atomic mass is 10.3. The van der Waals surface area contributed by atoms with Crippen LogP contribution in [0, 0.1) is 0 Å². The van der Waals surface area contributed by atoms with E-state index >= 15 is 0 Å². The molecule has 7 heteroatoms. The molecule has 0 atom stereocenters. The highest BCUT2D eigenvalue weighted by atomic mass is 16.5. The van der Waals surface area contributed by atoms with Crippen molar-refractivity contribution in [3.8, 4) is 0 Å². The highest BCUT2D eigenvalue weighted by Crippen LogP contribution is 2.02. The van der Waals surface area contributed by atoms with Gasteiger partial charge >= 0.3 is 0 Å². The predicted molar refractivity (Wildman–Crippen MR) is 92.6 cm³/mol. The van der Waals surface area contributed by atoms with E-state index in [1.165, 1.54) is 0 Å².